The number of guanidine groups is 1. The van der Waals surface area contributed by atoms with Crippen LogP contribution in [0, 0.1) is 20.8 Å². The van der Waals surface area contributed by atoms with Crippen molar-refractivity contribution >= 4 is 11.6 Å². The molecule has 1 aromatic heterocycles. The van der Waals surface area contributed by atoms with Gasteiger partial charge in [0.05, 0.1) is 25.8 Å². The zero-order valence-corrected chi connectivity index (χ0v) is 15.8. The van der Waals surface area contributed by atoms with Gasteiger partial charge in [0.2, 0.25) is 0 Å². The predicted molar refractivity (Wildman–Crippen MR) is 105 cm³/mol. The number of benzene rings is 1. The maximum atomic E-state index is 6.13. The molecule has 1 unspecified atom stereocenters. The molecular formula is C20H28N4O2. The van der Waals surface area contributed by atoms with E-state index in [4.69, 9.17) is 14.9 Å². The number of nitrogens with one attached hydrogen (secondary N) is 1. The minimum absolute atomic E-state index is 0.0622. The third kappa shape index (κ3) is 4.86. The monoisotopic (exact) mass is 356 g/mol. The fourth-order valence-electron chi connectivity index (χ4n) is 3.33. The van der Waals surface area contributed by atoms with Crippen LogP contribution in [0.2, 0.25) is 0 Å². The van der Waals surface area contributed by atoms with Crippen LogP contribution in [0.5, 0.6) is 0 Å². The third-order valence-corrected chi connectivity index (χ3v) is 4.50. The van der Waals surface area contributed by atoms with Crippen molar-refractivity contribution in [2.45, 2.75) is 26.8 Å². The molecule has 1 aliphatic heterocycles. The molecule has 6 nitrogen and oxygen atoms in total. The van der Waals surface area contributed by atoms with Gasteiger partial charge in [-0.05, 0) is 56.2 Å². The van der Waals surface area contributed by atoms with Gasteiger partial charge in [-0.15, -0.1) is 0 Å². The zero-order chi connectivity index (χ0) is 18.5. The van der Waals surface area contributed by atoms with Crippen molar-refractivity contribution in [2.75, 3.05) is 38.2 Å². The minimum Gasteiger partial charge on any atom is -0.465 e. The van der Waals surface area contributed by atoms with Gasteiger partial charge in [0.15, 0.2) is 5.96 Å². The van der Waals surface area contributed by atoms with E-state index in [9.17, 15) is 0 Å². The molecule has 0 bridgehead atoms. The minimum atomic E-state index is 0.0622. The molecule has 3 rings (SSSR count). The van der Waals surface area contributed by atoms with Gasteiger partial charge in [-0.3, -0.25) is 9.89 Å². The van der Waals surface area contributed by atoms with Gasteiger partial charge < -0.3 is 20.2 Å². The SMILES string of the molecule is Cc1cc(C)cc(NC(N)=NCC(c2ccc(C)o2)N2CCOCC2)c1. The van der Waals surface area contributed by atoms with Crippen molar-refractivity contribution in [1.29, 1.82) is 0 Å². The lowest BCUT2D eigenvalue weighted by atomic mass is 10.1. The Labute approximate surface area is 155 Å². The van der Waals surface area contributed by atoms with Crippen LogP contribution in [0.15, 0.2) is 39.7 Å². The van der Waals surface area contributed by atoms with Crippen LogP contribution in [-0.4, -0.2) is 43.7 Å². The van der Waals surface area contributed by atoms with E-state index in [-0.39, 0.29) is 6.04 Å². The maximum absolute atomic E-state index is 6.13. The Hall–Kier alpha value is -2.31. The van der Waals surface area contributed by atoms with Crippen molar-refractivity contribution in [1.82, 2.24) is 4.90 Å². The standard InChI is InChI=1S/C20H28N4O2/c1-14-10-15(2)12-17(11-14)23-20(21)22-13-18(19-5-4-16(3)26-19)24-6-8-25-9-7-24/h4-5,10-12,18H,6-9,13H2,1-3H3,(H3,21,22,23). The Morgan fingerprint density at radius 2 is 1.85 bits per heavy atom. The highest BCUT2D eigenvalue weighted by Crippen LogP contribution is 2.24. The molecule has 2 heterocycles. The summed E-state index contributed by atoms with van der Waals surface area (Å²) in [7, 11) is 0. The summed E-state index contributed by atoms with van der Waals surface area (Å²) in [4.78, 5) is 6.92. The molecule has 1 atom stereocenters. The number of hydrogen-bond acceptors (Lipinski definition) is 4. The highest BCUT2D eigenvalue weighted by atomic mass is 16.5. The van der Waals surface area contributed by atoms with E-state index in [1.54, 1.807) is 0 Å². The van der Waals surface area contributed by atoms with Gasteiger partial charge in [-0.25, -0.2) is 0 Å². The summed E-state index contributed by atoms with van der Waals surface area (Å²) in [5, 5.41) is 3.19. The number of aliphatic imine (C=N–C) groups is 1. The lowest BCUT2D eigenvalue weighted by Gasteiger charge is -2.32. The van der Waals surface area contributed by atoms with E-state index in [0.29, 0.717) is 12.5 Å². The third-order valence-electron chi connectivity index (χ3n) is 4.50. The van der Waals surface area contributed by atoms with E-state index in [2.05, 4.69) is 47.3 Å². The van der Waals surface area contributed by atoms with Crippen molar-refractivity contribution in [3.05, 3.63) is 53.0 Å². The Bertz CT molecular complexity index is 743. The quantitative estimate of drug-likeness (QED) is 0.636. The lowest BCUT2D eigenvalue weighted by molar-refractivity contribution is 0.0135. The summed E-state index contributed by atoms with van der Waals surface area (Å²) >= 11 is 0. The molecule has 0 spiro atoms. The number of rotatable bonds is 5. The number of furan rings is 1. The lowest BCUT2D eigenvalue weighted by Crippen LogP contribution is -2.40. The fraction of sp³-hybridized carbons (Fsp3) is 0.450. The largest absolute Gasteiger partial charge is 0.465 e. The summed E-state index contributed by atoms with van der Waals surface area (Å²) < 4.78 is 11.3. The molecule has 0 saturated carbocycles. The second kappa shape index (κ2) is 8.38. The highest BCUT2D eigenvalue weighted by Gasteiger charge is 2.25. The number of nitrogens with zero attached hydrogens (tertiary/aromatic N) is 2. The highest BCUT2D eigenvalue weighted by molar-refractivity contribution is 5.92. The smallest absolute Gasteiger partial charge is 0.193 e. The molecule has 0 amide bonds. The second-order valence-corrected chi connectivity index (χ2v) is 6.84. The van der Waals surface area contributed by atoms with E-state index >= 15 is 0 Å². The molecular weight excluding hydrogens is 328 g/mol. The number of nitrogens with two attached hydrogens (primary N) is 1. The van der Waals surface area contributed by atoms with Crippen molar-refractivity contribution < 1.29 is 9.15 Å². The average molecular weight is 356 g/mol. The Morgan fingerprint density at radius 1 is 1.15 bits per heavy atom. The van der Waals surface area contributed by atoms with Crippen LogP contribution in [0.25, 0.3) is 0 Å². The second-order valence-electron chi connectivity index (χ2n) is 6.84. The zero-order valence-electron chi connectivity index (χ0n) is 15.8. The van der Waals surface area contributed by atoms with Crippen LogP contribution in [0.3, 0.4) is 0 Å². The van der Waals surface area contributed by atoms with Crippen LogP contribution in [-0.2, 0) is 4.74 Å². The number of anilines is 1. The first-order valence-electron chi connectivity index (χ1n) is 9.04. The van der Waals surface area contributed by atoms with Crippen LogP contribution in [0.1, 0.15) is 28.7 Å². The molecule has 3 N–H and O–H groups in total. The summed E-state index contributed by atoms with van der Waals surface area (Å²) in [5.41, 5.74) is 9.48. The molecule has 0 radical (unpaired) electrons. The molecule has 2 aromatic rings. The molecule has 1 saturated heterocycles. The van der Waals surface area contributed by atoms with Crippen LogP contribution >= 0.6 is 0 Å². The number of ether oxygens (including phenoxy) is 1. The van der Waals surface area contributed by atoms with E-state index in [0.717, 1.165) is 43.5 Å². The average Bonchev–Trinajstić information content (AvgIpc) is 3.01. The van der Waals surface area contributed by atoms with Crippen molar-refractivity contribution in [2.24, 2.45) is 10.7 Å². The summed E-state index contributed by atoms with van der Waals surface area (Å²) in [6.45, 7) is 9.83. The first kappa shape index (κ1) is 18.5. The molecule has 1 aromatic carbocycles. The molecule has 26 heavy (non-hydrogen) atoms. The Balaban J connectivity index is 1.72. The molecule has 140 valence electrons. The van der Waals surface area contributed by atoms with Gasteiger partial charge >= 0.3 is 0 Å². The van der Waals surface area contributed by atoms with Gasteiger partial charge in [0.25, 0.3) is 0 Å². The summed E-state index contributed by atoms with van der Waals surface area (Å²) in [6.07, 6.45) is 0. The van der Waals surface area contributed by atoms with E-state index in [1.165, 1.54) is 11.1 Å². The Morgan fingerprint density at radius 3 is 2.46 bits per heavy atom. The van der Waals surface area contributed by atoms with E-state index < -0.39 is 0 Å². The van der Waals surface area contributed by atoms with Gasteiger partial charge in [-0.1, -0.05) is 6.07 Å². The molecule has 6 heteroatoms. The van der Waals surface area contributed by atoms with E-state index in [1.807, 2.05) is 19.1 Å². The first-order valence-corrected chi connectivity index (χ1v) is 9.04. The Kier molecular flexibility index (Phi) is 5.96. The normalized spacial score (nSPS) is 17.3. The van der Waals surface area contributed by atoms with Crippen molar-refractivity contribution in [3.63, 3.8) is 0 Å². The fourth-order valence-corrected chi connectivity index (χ4v) is 3.33. The van der Waals surface area contributed by atoms with Gasteiger partial charge in [-0.2, -0.15) is 0 Å². The van der Waals surface area contributed by atoms with Gasteiger partial charge in [0, 0.05) is 18.8 Å². The predicted octanol–water partition coefficient (Wildman–Crippen LogP) is 3.00. The number of morpholine rings is 1. The maximum Gasteiger partial charge on any atom is 0.193 e. The van der Waals surface area contributed by atoms with Crippen LogP contribution < -0.4 is 11.1 Å². The number of hydrogen-bond donors (Lipinski definition) is 2. The van der Waals surface area contributed by atoms with Gasteiger partial charge in [0.1, 0.15) is 11.5 Å². The summed E-state index contributed by atoms with van der Waals surface area (Å²) in [6, 6.07) is 10.3. The molecule has 1 fully saturated rings. The topological polar surface area (TPSA) is 76.0 Å². The molecule has 1 aliphatic rings. The first-order chi connectivity index (χ1) is 12.5. The van der Waals surface area contributed by atoms with Crippen LogP contribution in [0.4, 0.5) is 5.69 Å². The molecule has 0 aliphatic carbocycles. The van der Waals surface area contributed by atoms with Crippen molar-refractivity contribution in [3.8, 4) is 0 Å². The number of aryl methyl sites for hydroxylation is 3. The summed E-state index contributed by atoms with van der Waals surface area (Å²) in [5.74, 6) is 2.24.